The lowest BCUT2D eigenvalue weighted by Gasteiger charge is -2.47. The topological polar surface area (TPSA) is 27.3 Å². The first-order valence-electron chi connectivity index (χ1n) is 10.3. The second-order valence-electron chi connectivity index (χ2n) is 9.73. The molecule has 0 spiro atoms. The molecule has 0 aromatic rings. The Labute approximate surface area is 156 Å². The van der Waals surface area contributed by atoms with E-state index in [2.05, 4.69) is 75.1 Å². The Morgan fingerprint density at radius 1 is 1.08 bits per heavy atom. The molecule has 25 heavy (non-hydrogen) atoms. The monoisotopic (exact) mass is 361 g/mol. The van der Waals surface area contributed by atoms with Gasteiger partial charge in [-0.05, 0) is 47.1 Å². The van der Waals surface area contributed by atoms with Crippen LogP contribution in [0.15, 0.2) is 23.3 Å². The van der Waals surface area contributed by atoms with Crippen molar-refractivity contribution >= 4 is 8.24 Å². The molecule has 3 rings (SSSR count). The Kier molecular flexibility index (Phi) is 5.65. The van der Waals surface area contributed by atoms with Gasteiger partial charge in [-0.15, -0.1) is 0 Å². The van der Waals surface area contributed by atoms with Gasteiger partial charge in [0.25, 0.3) is 0 Å². The first kappa shape index (κ1) is 19.3. The standard InChI is InChI=1S/C21H39N3Si/c1-14(2)17-9-18(15(3)4)19-8-16(5)21(20(19)10-17)25(6,7)24-12-22-11-23-13-24/h9-10,14-16,19-23H,8,11-13H2,1-7H3. The largest absolute Gasteiger partial charge is 0.299 e. The second-order valence-corrected chi connectivity index (χ2v) is 14.3. The summed E-state index contributed by atoms with van der Waals surface area (Å²) in [7, 11) is -1.53. The summed E-state index contributed by atoms with van der Waals surface area (Å²) in [6.07, 6.45) is 6.63. The van der Waals surface area contributed by atoms with Gasteiger partial charge in [-0.2, -0.15) is 0 Å². The zero-order valence-corrected chi connectivity index (χ0v) is 18.4. The van der Waals surface area contributed by atoms with Gasteiger partial charge >= 0.3 is 0 Å². The van der Waals surface area contributed by atoms with Gasteiger partial charge in [-0.3, -0.25) is 15.2 Å². The van der Waals surface area contributed by atoms with E-state index in [0.717, 1.165) is 43.3 Å². The van der Waals surface area contributed by atoms with Crippen molar-refractivity contribution in [2.45, 2.75) is 59.7 Å². The molecule has 1 saturated carbocycles. The molecule has 0 aromatic carbocycles. The van der Waals surface area contributed by atoms with Gasteiger partial charge in [0.1, 0.15) is 8.24 Å². The number of fused-ring (bicyclic) bond motifs is 1. The Balaban J connectivity index is 1.94. The summed E-state index contributed by atoms with van der Waals surface area (Å²) in [5.74, 6) is 3.65. The maximum absolute atomic E-state index is 3.53. The van der Waals surface area contributed by atoms with Crippen molar-refractivity contribution in [1.29, 1.82) is 0 Å². The fraction of sp³-hybridized carbons (Fsp3) is 0.810. The summed E-state index contributed by atoms with van der Waals surface area (Å²) in [6.45, 7) is 20.3. The minimum Gasteiger partial charge on any atom is -0.299 e. The molecule has 4 unspecified atom stereocenters. The van der Waals surface area contributed by atoms with Gasteiger partial charge in [0.15, 0.2) is 0 Å². The van der Waals surface area contributed by atoms with Crippen LogP contribution in [0.2, 0.25) is 18.6 Å². The minimum absolute atomic E-state index is 0.634. The van der Waals surface area contributed by atoms with E-state index in [4.69, 9.17) is 0 Å². The minimum atomic E-state index is -1.53. The molecule has 2 N–H and O–H groups in total. The second kappa shape index (κ2) is 7.30. The Morgan fingerprint density at radius 2 is 1.72 bits per heavy atom. The number of nitrogens with one attached hydrogen (secondary N) is 2. The molecule has 1 heterocycles. The van der Waals surface area contributed by atoms with E-state index in [-0.39, 0.29) is 0 Å². The summed E-state index contributed by atoms with van der Waals surface area (Å²) in [6, 6.07) is 0. The zero-order chi connectivity index (χ0) is 18.4. The predicted molar refractivity (Wildman–Crippen MR) is 111 cm³/mol. The van der Waals surface area contributed by atoms with Crippen LogP contribution in [0, 0.1) is 29.6 Å². The Bertz CT molecular complexity index is 543. The third-order valence-corrected chi connectivity index (χ3v) is 11.6. The van der Waals surface area contributed by atoms with E-state index in [9.17, 15) is 0 Å². The van der Waals surface area contributed by atoms with E-state index in [1.807, 2.05) is 0 Å². The van der Waals surface area contributed by atoms with Gasteiger partial charge in [0.2, 0.25) is 0 Å². The maximum atomic E-state index is 3.53. The van der Waals surface area contributed by atoms with Crippen molar-refractivity contribution in [3.8, 4) is 0 Å². The molecule has 1 aliphatic heterocycles. The fourth-order valence-corrected chi connectivity index (χ4v) is 10.0. The molecule has 0 aromatic heterocycles. The average Bonchev–Trinajstić information content (AvgIpc) is 2.90. The third kappa shape index (κ3) is 3.55. The molecule has 2 fully saturated rings. The first-order valence-corrected chi connectivity index (χ1v) is 13.4. The summed E-state index contributed by atoms with van der Waals surface area (Å²) in [5, 5.41) is 7.06. The smallest absolute Gasteiger partial charge is 0.129 e. The van der Waals surface area contributed by atoms with Crippen LogP contribution in [0.5, 0.6) is 0 Å². The highest BCUT2D eigenvalue weighted by molar-refractivity contribution is 6.76. The zero-order valence-electron chi connectivity index (χ0n) is 17.4. The van der Waals surface area contributed by atoms with E-state index in [1.165, 1.54) is 6.42 Å². The van der Waals surface area contributed by atoms with Crippen LogP contribution < -0.4 is 10.6 Å². The molecule has 0 radical (unpaired) electrons. The molecule has 0 amide bonds. The van der Waals surface area contributed by atoms with Gasteiger partial charge in [0, 0.05) is 20.0 Å². The number of allylic oxidation sites excluding steroid dienone is 4. The van der Waals surface area contributed by atoms with Crippen molar-refractivity contribution in [2.75, 3.05) is 20.0 Å². The van der Waals surface area contributed by atoms with Crippen molar-refractivity contribution in [1.82, 2.24) is 15.2 Å². The molecule has 3 aliphatic rings. The van der Waals surface area contributed by atoms with Crippen LogP contribution in [0.25, 0.3) is 0 Å². The molecular weight excluding hydrogens is 322 g/mol. The van der Waals surface area contributed by atoms with Crippen LogP contribution >= 0.6 is 0 Å². The predicted octanol–water partition coefficient (Wildman–Crippen LogP) is 4.38. The van der Waals surface area contributed by atoms with E-state index < -0.39 is 8.24 Å². The molecule has 0 bridgehead atoms. The number of hydrogen-bond acceptors (Lipinski definition) is 3. The molecule has 3 nitrogen and oxygen atoms in total. The number of nitrogens with zero attached hydrogens (tertiary/aromatic N) is 1. The highest BCUT2D eigenvalue weighted by Crippen LogP contribution is 2.57. The molecule has 4 atom stereocenters. The van der Waals surface area contributed by atoms with Crippen molar-refractivity contribution < 1.29 is 0 Å². The summed E-state index contributed by atoms with van der Waals surface area (Å²) in [4.78, 5) is 0. The van der Waals surface area contributed by atoms with E-state index in [0.29, 0.717) is 11.8 Å². The van der Waals surface area contributed by atoms with Crippen LogP contribution in [0.3, 0.4) is 0 Å². The van der Waals surface area contributed by atoms with Crippen LogP contribution in [0.1, 0.15) is 41.0 Å². The molecule has 1 saturated heterocycles. The van der Waals surface area contributed by atoms with Gasteiger partial charge in [-0.25, -0.2) is 0 Å². The van der Waals surface area contributed by atoms with Crippen molar-refractivity contribution in [3.63, 3.8) is 0 Å². The summed E-state index contributed by atoms with van der Waals surface area (Å²) >= 11 is 0. The lowest BCUT2D eigenvalue weighted by atomic mass is 9.76. The Morgan fingerprint density at radius 3 is 2.28 bits per heavy atom. The third-order valence-electron chi connectivity index (χ3n) is 7.08. The summed E-state index contributed by atoms with van der Waals surface area (Å²) in [5.41, 5.74) is 4.16. The number of rotatable bonds is 4. The lowest BCUT2D eigenvalue weighted by molar-refractivity contribution is 0.279. The Hall–Kier alpha value is -0.423. The SMILES string of the molecule is CC(C)C1=CC2C(CC(C)C2[Si](C)(C)N2CNCNC2)C(C(C)C)=C1. The van der Waals surface area contributed by atoms with Gasteiger partial charge < -0.3 is 0 Å². The average molecular weight is 362 g/mol. The quantitative estimate of drug-likeness (QED) is 0.728. The molecular formula is C21H39N3Si. The van der Waals surface area contributed by atoms with Crippen LogP contribution in [0.4, 0.5) is 0 Å². The first-order chi connectivity index (χ1) is 11.7. The van der Waals surface area contributed by atoms with Crippen LogP contribution in [-0.4, -0.2) is 32.8 Å². The maximum Gasteiger partial charge on any atom is 0.129 e. The van der Waals surface area contributed by atoms with E-state index in [1.54, 1.807) is 11.1 Å². The molecule has 4 heteroatoms. The molecule has 2 aliphatic carbocycles. The highest BCUT2D eigenvalue weighted by Gasteiger charge is 2.52. The van der Waals surface area contributed by atoms with Gasteiger partial charge in [-0.1, -0.05) is 65.4 Å². The van der Waals surface area contributed by atoms with E-state index >= 15 is 0 Å². The normalized spacial score (nSPS) is 34.3. The van der Waals surface area contributed by atoms with Crippen molar-refractivity contribution in [3.05, 3.63) is 23.3 Å². The fourth-order valence-electron chi connectivity index (χ4n) is 5.75. The highest BCUT2D eigenvalue weighted by atomic mass is 28.3. The van der Waals surface area contributed by atoms with Crippen molar-refractivity contribution in [2.24, 2.45) is 29.6 Å². The number of hydrogen-bond donors (Lipinski definition) is 2. The lowest BCUT2D eigenvalue weighted by Crippen LogP contribution is -2.63. The molecule has 142 valence electrons. The van der Waals surface area contributed by atoms with Crippen LogP contribution in [-0.2, 0) is 0 Å². The van der Waals surface area contributed by atoms with Gasteiger partial charge in [0.05, 0.1) is 0 Å². The summed E-state index contributed by atoms with van der Waals surface area (Å²) < 4.78 is 2.75.